The van der Waals surface area contributed by atoms with Crippen molar-refractivity contribution >= 4 is 8.56 Å². The van der Waals surface area contributed by atoms with Gasteiger partial charge >= 0.3 is 8.56 Å². The second-order valence-electron chi connectivity index (χ2n) is 5.09. The Morgan fingerprint density at radius 2 is 1.07 bits per heavy atom. The molecule has 0 unspecified atom stereocenters. The first-order valence-electron chi connectivity index (χ1n) is 6.44. The second-order valence-corrected chi connectivity index (χ2v) is 8.98. The van der Waals surface area contributed by atoms with E-state index in [1.165, 1.54) is 51.4 Å². The van der Waals surface area contributed by atoms with Crippen molar-refractivity contribution in [3.63, 3.8) is 0 Å². The van der Waals surface area contributed by atoms with Gasteiger partial charge in [-0.05, 0) is 25.7 Å². The molecule has 2 rings (SSSR count). The average molecular weight is 228 g/mol. The second kappa shape index (κ2) is 4.98. The molecule has 2 nitrogen and oxygen atoms in total. The molecule has 0 atom stereocenters. The van der Waals surface area contributed by atoms with Crippen LogP contribution in [0.2, 0.25) is 11.1 Å². The predicted molar refractivity (Wildman–Crippen MR) is 64.2 cm³/mol. The van der Waals surface area contributed by atoms with E-state index in [1.54, 1.807) is 0 Å². The normalized spacial score (nSPS) is 25.2. The van der Waals surface area contributed by atoms with Gasteiger partial charge in [-0.15, -0.1) is 0 Å². The fourth-order valence-electron chi connectivity index (χ4n) is 3.74. The largest absolute Gasteiger partial charge is 0.397 e. The fraction of sp³-hybridized carbons (Fsp3) is 1.00. The molecule has 0 spiro atoms. The first kappa shape index (κ1) is 11.6. The first-order valence-corrected chi connectivity index (χ1v) is 8.41. The van der Waals surface area contributed by atoms with Crippen LogP contribution in [0.15, 0.2) is 0 Å². The first-order chi connectivity index (χ1) is 7.33. The maximum Gasteiger partial charge on any atom is 0.344 e. The number of rotatable bonds is 4. The zero-order valence-electron chi connectivity index (χ0n) is 10.1. The van der Waals surface area contributed by atoms with E-state index in [1.807, 2.05) is 14.2 Å². The zero-order valence-corrected chi connectivity index (χ0v) is 11.1. The minimum Gasteiger partial charge on any atom is -0.397 e. The highest BCUT2D eigenvalue weighted by Gasteiger charge is 2.52. The maximum absolute atomic E-state index is 5.97. The van der Waals surface area contributed by atoms with Crippen LogP contribution < -0.4 is 0 Å². The SMILES string of the molecule is CO[Si](OC)(C1CCCC1)C1CCCC1. The smallest absolute Gasteiger partial charge is 0.344 e. The lowest BCUT2D eigenvalue weighted by molar-refractivity contribution is 0.214. The molecule has 0 aromatic carbocycles. The molecule has 0 bridgehead atoms. The van der Waals surface area contributed by atoms with Crippen molar-refractivity contribution in [2.24, 2.45) is 0 Å². The summed E-state index contributed by atoms with van der Waals surface area (Å²) in [5, 5.41) is 0. The summed E-state index contributed by atoms with van der Waals surface area (Å²) in [6, 6.07) is 0. The van der Waals surface area contributed by atoms with Crippen LogP contribution in [0.25, 0.3) is 0 Å². The van der Waals surface area contributed by atoms with Gasteiger partial charge in [-0.3, -0.25) is 0 Å². The molecule has 2 saturated carbocycles. The van der Waals surface area contributed by atoms with Crippen LogP contribution in [-0.2, 0) is 8.85 Å². The van der Waals surface area contributed by atoms with Crippen molar-refractivity contribution in [2.75, 3.05) is 14.2 Å². The van der Waals surface area contributed by atoms with Gasteiger partial charge in [0.2, 0.25) is 0 Å². The van der Waals surface area contributed by atoms with E-state index < -0.39 is 8.56 Å². The summed E-state index contributed by atoms with van der Waals surface area (Å²) in [5.41, 5.74) is 1.55. The molecule has 0 aliphatic heterocycles. The Balaban J connectivity index is 2.13. The lowest BCUT2D eigenvalue weighted by atomic mass is 10.3. The van der Waals surface area contributed by atoms with Crippen LogP contribution in [0.3, 0.4) is 0 Å². The molecule has 0 heterocycles. The topological polar surface area (TPSA) is 18.5 Å². The van der Waals surface area contributed by atoms with Gasteiger partial charge in [-0.1, -0.05) is 25.7 Å². The Labute approximate surface area is 94.6 Å². The van der Waals surface area contributed by atoms with E-state index in [2.05, 4.69) is 0 Å². The molecule has 2 fully saturated rings. The lowest BCUT2D eigenvalue weighted by Gasteiger charge is -2.37. The molecular weight excluding hydrogens is 204 g/mol. The van der Waals surface area contributed by atoms with Gasteiger partial charge in [0.1, 0.15) is 0 Å². The molecule has 0 aromatic heterocycles. The molecule has 0 aromatic rings. The molecule has 2 aliphatic carbocycles. The van der Waals surface area contributed by atoms with E-state index in [9.17, 15) is 0 Å². The minimum atomic E-state index is -1.88. The van der Waals surface area contributed by atoms with Gasteiger partial charge in [0.25, 0.3) is 0 Å². The summed E-state index contributed by atoms with van der Waals surface area (Å²) < 4.78 is 11.9. The van der Waals surface area contributed by atoms with Crippen LogP contribution in [-0.4, -0.2) is 22.8 Å². The Morgan fingerprint density at radius 1 is 0.733 bits per heavy atom. The molecule has 2 aliphatic rings. The molecule has 3 heteroatoms. The van der Waals surface area contributed by atoms with Crippen molar-refractivity contribution in [1.29, 1.82) is 0 Å². The summed E-state index contributed by atoms with van der Waals surface area (Å²) in [6.07, 6.45) is 11.0. The third kappa shape index (κ3) is 2.02. The molecular formula is C12H24O2Si. The van der Waals surface area contributed by atoms with Crippen LogP contribution >= 0.6 is 0 Å². The Morgan fingerprint density at radius 3 is 1.33 bits per heavy atom. The fourth-order valence-corrected chi connectivity index (χ4v) is 8.33. The van der Waals surface area contributed by atoms with Crippen LogP contribution in [0.1, 0.15) is 51.4 Å². The molecule has 88 valence electrons. The third-order valence-electron chi connectivity index (χ3n) is 4.49. The van der Waals surface area contributed by atoms with E-state index >= 15 is 0 Å². The van der Waals surface area contributed by atoms with Gasteiger partial charge in [-0.25, -0.2) is 0 Å². The van der Waals surface area contributed by atoms with Gasteiger partial charge in [0, 0.05) is 25.3 Å². The van der Waals surface area contributed by atoms with Gasteiger partial charge in [-0.2, -0.15) is 0 Å². The van der Waals surface area contributed by atoms with Crippen LogP contribution in [0.4, 0.5) is 0 Å². The third-order valence-corrected chi connectivity index (χ3v) is 9.19. The number of hydrogen-bond acceptors (Lipinski definition) is 2. The maximum atomic E-state index is 5.97. The van der Waals surface area contributed by atoms with Crippen molar-refractivity contribution < 1.29 is 8.85 Å². The standard InChI is InChI=1S/C12H24O2Si/c1-13-15(14-2,11-7-3-4-8-11)12-9-5-6-10-12/h11-12H,3-10H2,1-2H3. The Bertz CT molecular complexity index is 174. The van der Waals surface area contributed by atoms with Crippen LogP contribution in [0.5, 0.6) is 0 Å². The predicted octanol–water partition coefficient (Wildman–Crippen LogP) is 3.61. The highest BCUT2D eigenvalue weighted by molar-refractivity contribution is 6.70. The van der Waals surface area contributed by atoms with Gasteiger partial charge < -0.3 is 8.85 Å². The van der Waals surface area contributed by atoms with Crippen molar-refractivity contribution in [2.45, 2.75) is 62.4 Å². The zero-order chi connectivity index (χ0) is 10.7. The molecule has 0 saturated heterocycles. The summed E-state index contributed by atoms with van der Waals surface area (Å²) in [4.78, 5) is 0. The summed E-state index contributed by atoms with van der Waals surface area (Å²) in [6.45, 7) is 0. The average Bonchev–Trinajstić information content (AvgIpc) is 2.92. The van der Waals surface area contributed by atoms with E-state index in [4.69, 9.17) is 8.85 Å². The Kier molecular flexibility index (Phi) is 3.86. The van der Waals surface area contributed by atoms with Gasteiger partial charge in [0.15, 0.2) is 0 Å². The van der Waals surface area contributed by atoms with Gasteiger partial charge in [0.05, 0.1) is 0 Å². The van der Waals surface area contributed by atoms with E-state index in [-0.39, 0.29) is 0 Å². The summed E-state index contributed by atoms with van der Waals surface area (Å²) >= 11 is 0. The summed E-state index contributed by atoms with van der Waals surface area (Å²) in [7, 11) is 1.91. The van der Waals surface area contributed by atoms with Crippen molar-refractivity contribution in [1.82, 2.24) is 0 Å². The highest BCUT2D eigenvalue weighted by atomic mass is 28.4. The van der Waals surface area contributed by atoms with E-state index in [0.717, 1.165) is 11.1 Å². The van der Waals surface area contributed by atoms with Crippen LogP contribution in [0, 0.1) is 0 Å². The quantitative estimate of drug-likeness (QED) is 0.684. The van der Waals surface area contributed by atoms with E-state index in [0.29, 0.717) is 0 Å². The Hall–Kier alpha value is 0.137. The highest BCUT2D eigenvalue weighted by Crippen LogP contribution is 2.50. The van der Waals surface area contributed by atoms with Crippen molar-refractivity contribution in [3.05, 3.63) is 0 Å². The summed E-state index contributed by atoms with van der Waals surface area (Å²) in [5.74, 6) is 0. The molecule has 0 amide bonds. The molecule has 15 heavy (non-hydrogen) atoms. The lowest BCUT2D eigenvalue weighted by Crippen LogP contribution is -2.48. The number of hydrogen-bond donors (Lipinski definition) is 0. The molecule has 0 N–H and O–H groups in total. The minimum absolute atomic E-state index is 0.774. The molecule has 0 radical (unpaired) electrons. The van der Waals surface area contributed by atoms with Crippen molar-refractivity contribution in [3.8, 4) is 0 Å². The monoisotopic (exact) mass is 228 g/mol.